The molecule has 2 aromatic heterocycles. The number of hydrogen-bond acceptors (Lipinski definition) is 4. The molecule has 0 atom stereocenters. The van der Waals surface area contributed by atoms with Crippen molar-refractivity contribution in [1.29, 1.82) is 0 Å². The number of carbonyl (C=O) groups is 1. The lowest BCUT2D eigenvalue weighted by molar-refractivity contribution is 0.0998. The maximum absolute atomic E-state index is 12.2. The Hall–Kier alpha value is -2.82. The van der Waals surface area contributed by atoms with Gasteiger partial charge in [-0.2, -0.15) is 0 Å². The molecule has 0 saturated heterocycles. The van der Waals surface area contributed by atoms with Gasteiger partial charge in [0, 0.05) is 17.3 Å². The van der Waals surface area contributed by atoms with Crippen LogP contribution in [0.5, 0.6) is 0 Å². The van der Waals surface area contributed by atoms with E-state index in [1.165, 1.54) is 0 Å². The number of rotatable bonds is 2. The van der Waals surface area contributed by atoms with Gasteiger partial charge in [0.05, 0.1) is 11.4 Å². The highest BCUT2D eigenvalue weighted by Gasteiger charge is 2.13. The van der Waals surface area contributed by atoms with Gasteiger partial charge in [0.15, 0.2) is 5.76 Å². The van der Waals surface area contributed by atoms with Gasteiger partial charge in [-0.1, -0.05) is 0 Å². The van der Waals surface area contributed by atoms with Gasteiger partial charge in [-0.3, -0.25) is 9.78 Å². The SMILES string of the molecule is Cc1ncccc1NC(=O)c1cc2cc(N)ccc2o1. The number of nitrogens with one attached hydrogen (secondary N) is 1. The molecule has 0 saturated carbocycles. The van der Waals surface area contributed by atoms with Crippen LogP contribution in [0.2, 0.25) is 0 Å². The van der Waals surface area contributed by atoms with Crippen LogP contribution in [0.15, 0.2) is 47.0 Å². The van der Waals surface area contributed by atoms with E-state index in [-0.39, 0.29) is 11.7 Å². The van der Waals surface area contributed by atoms with Crippen LogP contribution in [0.1, 0.15) is 16.2 Å². The fraction of sp³-hybridized carbons (Fsp3) is 0.0667. The van der Waals surface area contributed by atoms with E-state index in [1.807, 2.05) is 6.92 Å². The molecule has 5 nitrogen and oxygen atoms in total. The summed E-state index contributed by atoms with van der Waals surface area (Å²) in [6.45, 7) is 1.83. The summed E-state index contributed by atoms with van der Waals surface area (Å²) in [6, 6.07) is 10.5. The molecule has 3 aromatic rings. The molecule has 0 aliphatic heterocycles. The first-order valence-corrected chi connectivity index (χ1v) is 6.15. The monoisotopic (exact) mass is 267 g/mol. The number of furan rings is 1. The van der Waals surface area contributed by atoms with Crippen molar-refractivity contribution in [3.63, 3.8) is 0 Å². The van der Waals surface area contributed by atoms with E-state index in [9.17, 15) is 4.79 Å². The van der Waals surface area contributed by atoms with Gasteiger partial charge in [0.2, 0.25) is 0 Å². The van der Waals surface area contributed by atoms with Crippen molar-refractivity contribution in [3.8, 4) is 0 Å². The van der Waals surface area contributed by atoms with Crippen LogP contribution in [-0.4, -0.2) is 10.9 Å². The summed E-state index contributed by atoms with van der Waals surface area (Å²) in [7, 11) is 0. The molecule has 100 valence electrons. The molecule has 0 radical (unpaired) electrons. The molecule has 2 heterocycles. The molecule has 3 N–H and O–H groups in total. The summed E-state index contributed by atoms with van der Waals surface area (Å²) in [5.41, 5.74) is 8.38. The van der Waals surface area contributed by atoms with E-state index in [2.05, 4.69) is 10.3 Å². The number of nitrogens with two attached hydrogens (primary N) is 1. The maximum atomic E-state index is 12.2. The minimum absolute atomic E-state index is 0.244. The Labute approximate surface area is 115 Å². The fourth-order valence-corrected chi connectivity index (χ4v) is 1.97. The average molecular weight is 267 g/mol. The number of fused-ring (bicyclic) bond motifs is 1. The predicted octanol–water partition coefficient (Wildman–Crippen LogP) is 2.97. The van der Waals surface area contributed by atoms with Crippen LogP contribution >= 0.6 is 0 Å². The Kier molecular flexibility index (Phi) is 2.87. The number of aryl methyl sites for hydroxylation is 1. The van der Waals surface area contributed by atoms with E-state index in [0.29, 0.717) is 17.0 Å². The molecule has 0 bridgehead atoms. The molecule has 20 heavy (non-hydrogen) atoms. The Balaban J connectivity index is 1.91. The van der Waals surface area contributed by atoms with Crippen LogP contribution in [0.4, 0.5) is 11.4 Å². The molecule has 0 spiro atoms. The number of benzene rings is 1. The predicted molar refractivity (Wildman–Crippen MR) is 77.6 cm³/mol. The first kappa shape index (κ1) is 12.2. The van der Waals surface area contributed by atoms with Gasteiger partial charge in [-0.05, 0) is 43.3 Å². The average Bonchev–Trinajstić information content (AvgIpc) is 2.84. The van der Waals surface area contributed by atoms with Crippen molar-refractivity contribution in [2.45, 2.75) is 6.92 Å². The third kappa shape index (κ3) is 2.21. The molecule has 3 rings (SSSR count). The number of hydrogen-bond donors (Lipinski definition) is 2. The third-order valence-corrected chi connectivity index (χ3v) is 3.02. The molecule has 5 heteroatoms. The van der Waals surface area contributed by atoms with Gasteiger partial charge in [-0.25, -0.2) is 0 Å². The molecule has 0 fully saturated rings. The van der Waals surface area contributed by atoms with Gasteiger partial charge < -0.3 is 15.5 Å². The zero-order chi connectivity index (χ0) is 14.1. The molecular formula is C15H13N3O2. The summed E-state index contributed by atoms with van der Waals surface area (Å²) in [6.07, 6.45) is 1.68. The van der Waals surface area contributed by atoms with Crippen molar-refractivity contribution in [1.82, 2.24) is 4.98 Å². The van der Waals surface area contributed by atoms with Crippen molar-refractivity contribution < 1.29 is 9.21 Å². The number of anilines is 2. The molecule has 1 amide bonds. The summed E-state index contributed by atoms with van der Waals surface area (Å²) in [4.78, 5) is 16.3. The van der Waals surface area contributed by atoms with E-state index >= 15 is 0 Å². The van der Waals surface area contributed by atoms with Crippen molar-refractivity contribution in [2.75, 3.05) is 11.1 Å². The standard InChI is InChI=1S/C15H13N3O2/c1-9-12(3-2-6-17-9)18-15(19)14-8-10-7-11(16)4-5-13(10)20-14/h2-8H,16H2,1H3,(H,18,19). The second-order valence-electron chi connectivity index (χ2n) is 4.50. The first-order chi connectivity index (χ1) is 9.63. The number of amides is 1. The quantitative estimate of drug-likeness (QED) is 0.699. The topological polar surface area (TPSA) is 81.2 Å². The Bertz CT molecular complexity index is 793. The molecule has 0 aliphatic rings. The van der Waals surface area contributed by atoms with E-state index < -0.39 is 0 Å². The maximum Gasteiger partial charge on any atom is 0.291 e. The van der Waals surface area contributed by atoms with Crippen LogP contribution < -0.4 is 11.1 Å². The third-order valence-electron chi connectivity index (χ3n) is 3.02. The number of carbonyl (C=O) groups excluding carboxylic acids is 1. The Morgan fingerprint density at radius 1 is 1.30 bits per heavy atom. The van der Waals surface area contributed by atoms with E-state index in [4.69, 9.17) is 10.2 Å². The highest BCUT2D eigenvalue weighted by atomic mass is 16.3. The lowest BCUT2D eigenvalue weighted by Gasteiger charge is -2.04. The zero-order valence-corrected chi connectivity index (χ0v) is 10.9. The number of nitrogen functional groups attached to an aromatic ring is 1. The minimum atomic E-state index is -0.309. The highest BCUT2D eigenvalue weighted by Crippen LogP contribution is 2.22. The second-order valence-corrected chi connectivity index (χ2v) is 4.50. The summed E-state index contributed by atoms with van der Waals surface area (Å²) in [5.74, 6) is -0.0651. The molecule has 0 aliphatic carbocycles. The molecule has 1 aromatic carbocycles. The van der Waals surface area contributed by atoms with Crippen molar-refractivity contribution >= 4 is 28.3 Å². The van der Waals surface area contributed by atoms with Crippen LogP contribution in [-0.2, 0) is 0 Å². The first-order valence-electron chi connectivity index (χ1n) is 6.15. The van der Waals surface area contributed by atoms with Gasteiger partial charge >= 0.3 is 0 Å². The minimum Gasteiger partial charge on any atom is -0.451 e. The molecular weight excluding hydrogens is 254 g/mol. The van der Waals surface area contributed by atoms with Crippen LogP contribution in [0, 0.1) is 6.92 Å². The van der Waals surface area contributed by atoms with E-state index in [1.54, 1.807) is 42.6 Å². The highest BCUT2D eigenvalue weighted by molar-refractivity contribution is 6.05. The van der Waals surface area contributed by atoms with Crippen LogP contribution in [0.25, 0.3) is 11.0 Å². The summed E-state index contributed by atoms with van der Waals surface area (Å²) in [5, 5.41) is 3.58. The van der Waals surface area contributed by atoms with Crippen molar-refractivity contribution in [2.24, 2.45) is 0 Å². The van der Waals surface area contributed by atoms with Gasteiger partial charge in [0.1, 0.15) is 5.58 Å². The Morgan fingerprint density at radius 3 is 2.95 bits per heavy atom. The van der Waals surface area contributed by atoms with Crippen molar-refractivity contribution in [3.05, 3.63) is 54.0 Å². The normalized spacial score (nSPS) is 10.7. The van der Waals surface area contributed by atoms with E-state index in [0.717, 1.165) is 11.1 Å². The van der Waals surface area contributed by atoms with Gasteiger partial charge in [0.25, 0.3) is 5.91 Å². The lowest BCUT2D eigenvalue weighted by atomic mass is 10.2. The summed E-state index contributed by atoms with van der Waals surface area (Å²) >= 11 is 0. The lowest BCUT2D eigenvalue weighted by Crippen LogP contribution is -2.12. The second kappa shape index (κ2) is 4.70. The number of pyridine rings is 1. The zero-order valence-electron chi connectivity index (χ0n) is 10.9. The van der Waals surface area contributed by atoms with Gasteiger partial charge in [-0.15, -0.1) is 0 Å². The fourth-order valence-electron chi connectivity index (χ4n) is 1.97. The molecule has 0 unspecified atom stereocenters. The Morgan fingerprint density at radius 2 is 2.15 bits per heavy atom. The largest absolute Gasteiger partial charge is 0.451 e. The van der Waals surface area contributed by atoms with Crippen LogP contribution in [0.3, 0.4) is 0 Å². The smallest absolute Gasteiger partial charge is 0.291 e. The number of nitrogens with zero attached hydrogens (tertiary/aromatic N) is 1. The summed E-state index contributed by atoms with van der Waals surface area (Å²) < 4.78 is 5.51. The number of aromatic nitrogens is 1.